The van der Waals surface area contributed by atoms with Gasteiger partial charge in [0.05, 0.1) is 23.4 Å². The molecule has 0 radical (unpaired) electrons. The number of rotatable bonds is 2. The molecule has 5 heteroatoms. The number of para-hydroxylation sites is 1. The van der Waals surface area contributed by atoms with E-state index in [1.54, 1.807) is 6.08 Å². The lowest BCUT2D eigenvalue weighted by molar-refractivity contribution is -0.133. The largest absolute Gasteiger partial charge is 0.365 e. The molecule has 142 valence electrons. The van der Waals surface area contributed by atoms with E-state index in [2.05, 4.69) is 29.4 Å². The summed E-state index contributed by atoms with van der Waals surface area (Å²) in [6.07, 6.45) is 5.17. The molecule has 0 N–H and O–H groups in total. The first-order chi connectivity index (χ1) is 13.7. The predicted octanol–water partition coefficient (Wildman–Crippen LogP) is 3.63. The maximum Gasteiger partial charge on any atom is 0.246 e. The zero-order valence-corrected chi connectivity index (χ0v) is 16.0. The summed E-state index contributed by atoms with van der Waals surface area (Å²) in [5.41, 5.74) is 4.26. The van der Waals surface area contributed by atoms with E-state index in [0.717, 1.165) is 29.4 Å². The number of amides is 1. The van der Waals surface area contributed by atoms with Crippen LogP contribution in [0, 0.1) is 0 Å². The highest BCUT2D eigenvalue weighted by Crippen LogP contribution is 2.43. The Balaban J connectivity index is 1.30. The molecule has 0 bridgehead atoms. The Morgan fingerprint density at radius 2 is 1.86 bits per heavy atom. The van der Waals surface area contributed by atoms with E-state index in [0.29, 0.717) is 19.7 Å². The molecule has 3 aromatic rings. The van der Waals surface area contributed by atoms with Crippen LogP contribution in [0.2, 0.25) is 0 Å². The third kappa shape index (κ3) is 2.74. The van der Waals surface area contributed by atoms with Gasteiger partial charge in [-0.25, -0.2) is 0 Å². The van der Waals surface area contributed by atoms with Crippen LogP contribution < -0.4 is 0 Å². The molecule has 28 heavy (non-hydrogen) atoms. The van der Waals surface area contributed by atoms with Crippen LogP contribution in [0.4, 0.5) is 0 Å². The number of fused-ring (bicyclic) bond motifs is 3. The molecule has 0 aliphatic carbocycles. The summed E-state index contributed by atoms with van der Waals surface area (Å²) in [5, 5.41) is 5.59. The molecular formula is C23H23N3O2. The summed E-state index contributed by atoms with van der Waals surface area (Å²) in [5.74, 6) is 0.0378. The fourth-order valence-corrected chi connectivity index (χ4v) is 4.51. The predicted molar refractivity (Wildman–Crippen MR) is 108 cm³/mol. The van der Waals surface area contributed by atoms with Crippen LogP contribution in [-0.4, -0.2) is 33.7 Å². The van der Waals surface area contributed by atoms with Gasteiger partial charge in [0.2, 0.25) is 5.91 Å². The highest BCUT2D eigenvalue weighted by atomic mass is 16.5. The summed E-state index contributed by atoms with van der Waals surface area (Å²) >= 11 is 0. The molecule has 1 saturated heterocycles. The number of aromatic nitrogens is 2. The second-order valence-corrected chi connectivity index (χ2v) is 7.62. The van der Waals surface area contributed by atoms with Crippen LogP contribution in [0.1, 0.15) is 29.7 Å². The van der Waals surface area contributed by atoms with Crippen molar-refractivity contribution in [3.8, 4) is 0 Å². The van der Waals surface area contributed by atoms with E-state index in [1.165, 1.54) is 11.1 Å². The smallest absolute Gasteiger partial charge is 0.246 e. The van der Waals surface area contributed by atoms with Gasteiger partial charge in [-0.1, -0.05) is 42.5 Å². The monoisotopic (exact) mass is 373 g/mol. The lowest BCUT2D eigenvalue weighted by Crippen LogP contribution is -2.44. The van der Waals surface area contributed by atoms with Crippen LogP contribution in [0.5, 0.6) is 0 Å². The molecule has 1 spiro atoms. The molecule has 0 atom stereocenters. The summed E-state index contributed by atoms with van der Waals surface area (Å²) in [6.45, 7) is 2.09. The number of benzene rings is 2. The van der Waals surface area contributed by atoms with E-state index >= 15 is 0 Å². The Morgan fingerprint density at radius 1 is 1.11 bits per heavy atom. The van der Waals surface area contributed by atoms with E-state index in [-0.39, 0.29) is 11.5 Å². The van der Waals surface area contributed by atoms with Gasteiger partial charge < -0.3 is 9.64 Å². The summed E-state index contributed by atoms with van der Waals surface area (Å²) < 4.78 is 8.04. The lowest BCUT2D eigenvalue weighted by Gasteiger charge is -2.39. The van der Waals surface area contributed by atoms with Crippen molar-refractivity contribution in [3.63, 3.8) is 0 Å². The van der Waals surface area contributed by atoms with E-state index < -0.39 is 0 Å². The molecule has 0 saturated carbocycles. The van der Waals surface area contributed by atoms with Crippen molar-refractivity contribution in [1.29, 1.82) is 0 Å². The molecule has 1 amide bonds. The minimum absolute atomic E-state index is 0.0378. The van der Waals surface area contributed by atoms with Gasteiger partial charge in [0.25, 0.3) is 0 Å². The van der Waals surface area contributed by atoms with Crippen molar-refractivity contribution in [1.82, 2.24) is 14.7 Å². The molecule has 0 unspecified atom stereocenters. The first-order valence-electron chi connectivity index (χ1n) is 9.77. The minimum atomic E-state index is -0.214. The second-order valence-electron chi connectivity index (χ2n) is 7.62. The molecule has 2 aliphatic heterocycles. The summed E-state index contributed by atoms with van der Waals surface area (Å²) in [6, 6.07) is 16.5. The van der Waals surface area contributed by atoms with Gasteiger partial charge in [-0.3, -0.25) is 9.48 Å². The maximum absolute atomic E-state index is 12.7. The van der Waals surface area contributed by atoms with Gasteiger partial charge in [0.15, 0.2) is 0 Å². The number of aryl methyl sites for hydroxylation is 1. The number of nitrogens with zero attached hydrogens (tertiary/aromatic N) is 3. The Labute approximate surface area is 164 Å². The third-order valence-electron chi connectivity index (χ3n) is 6.07. The molecular weight excluding hydrogens is 350 g/mol. The van der Waals surface area contributed by atoms with Crippen LogP contribution in [-0.2, 0) is 28.8 Å². The maximum atomic E-state index is 12.7. The van der Waals surface area contributed by atoms with Gasteiger partial charge >= 0.3 is 0 Å². The van der Waals surface area contributed by atoms with Crippen molar-refractivity contribution < 1.29 is 9.53 Å². The van der Waals surface area contributed by atoms with Crippen molar-refractivity contribution in [3.05, 3.63) is 71.4 Å². The first kappa shape index (κ1) is 17.2. The number of ether oxygens (including phenoxy) is 1. The zero-order chi connectivity index (χ0) is 19.1. The molecule has 5 rings (SSSR count). The fourth-order valence-electron chi connectivity index (χ4n) is 4.51. The quantitative estimate of drug-likeness (QED) is 0.645. The standard InChI is InChI=1S/C23H23N3O2/c1-25-21-9-5-3-7-18(21)20(24-25)10-11-22(27)26-14-12-23(13-15-26)19-8-4-2-6-17(19)16-28-23/h2-11H,12-16H2,1H3/b11-10+. The normalized spacial score (nSPS) is 18.2. The molecule has 5 nitrogen and oxygen atoms in total. The van der Waals surface area contributed by atoms with E-state index in [4.69, 9.17) is 4.74 Å². The van der Waals surface area contributed by atoms with Crippen molar-refractivity contribution in [2.45, 2.75) is 25.0 Å². The SMILES string of the molecule is Cn1nc(/C=C/C(=O)N2CCC3(CC2)OCc2ccccc23)c2ccccc21. The Hall–Kier alpha value is -2.92. The van der Waals surface area contributed by atoms with E-state index in [1.807, 2.05) is 47.0 Å². The Bertz CT molecular complexity index is 1070. The highest BCUT2D eigenvalue weighted by Gasteiger charge is 2.42. The fraction of sp³-hybridized carbons (Fsp3) is 0.304. The van der Waals surface area contributed by atoms with Crippen LogP contribution >= 0.6 is 0 Å². The number of hydrogen-bond acceptors (Lipinski definition) is 3. The first-order valence-corrected chi connectivity index (χ1v) is 9.77. The number of piperidine rings is 1. The minimum Gasteiger partial charge on any atom is -0.365 e. The van der Waals surface area contributed by atoms with Crippen molar-refractivity contribution in [2.24, 2.45) is 7.05 Å². The van der Waals surface area contributed by atoms with Gasteiger partial charge in [-0.15, -0.1) is 0 Å². The summed E-state index contributed by atoms with van der Waals surface area (Å²) in [7, 11) is 1.92. The highest BCUT2D eigenvalue weighted by molar-refractivity contribution is 5.95. The Morgan fingerprint density at radius 3 is 2.71 bits per heavy atom. The van der Waals surface area contributed by atoms with E-state index in [9.17, 15) is 4.79 Å². The average molecular weight is 373 g/mol. The average Bonchev–Trinajstić information content (AvgIpc) is 3.26. The van der Waals surface area contributed by atoms with Gasteiger partial charge in [0.1, 0.15) is 0 Å². The van der Waals surface area contributed by atoms with Crippen molar-refractivity contribution >= 4 is 22.9 Å². The zero-order valence-electron chi connectivity index (χ0n) is 16.0. The topological polar surface area (TPSA) is 47.4 Å². The molecule has 2 aliphatic rings. The molecule has 2 aromatic carbocycles. The number of carbonyl (C=O) groups excluding carboxylic acids is 1. The Kier molecular flexibility index (Phi) is 4.05. The molecule has 1 fully saturated rings. The van der Waals surface area contributed by atoms with Gasteiger partial charge in [-0.2, -0.15) is 5.10 Å². The second kappa shape index (κ2) is 6.60. The van der Waals surface area contributed by atoms with Crippen molar-refractivity contribution in [2.75, 3.05) is 13.1 Å². The number of likely N-dealkylation sites (tertiary alicyclic amines) is 1. The van der Waals surface area contributed by atoms with Crippen LogP contribution in [0.3, 0.4) is 0 Å². The number of hydrogen-bond donors (Lipinski definition) is 0. The number of carbonyl (C=O) groups is 1. The molecule has 3 heterocycles. The van der Waals surface area contributed by atoms with Gasteiger partial charge in [0, 0.05) is 31.6 Å². The third-order valence-corrected chi connectivity index (χ3v) is 6.07. The lowest BCUT2D eigenvalue weighted by atomic mass is 9.84. The molecule has 1 aromatic heterocycles. The summed E-state index contributed by atoms with van der Waals surface area (Å²) in [4.78, 5) is 14.6. The van der Waals surface area contributed by atoms with Crippen LogP contribution in [0.25, 0.3) is 17.0 Å². The van der Waals surface area contributed by atoms with Gasteiger partial charge in [-0.05, 0) is 36.1 Å². The van der Waals surface area contributed by atoms with Crippen LogP contribution in [0.15, 0.2) is 54.6 Å².